The third-order valence-electron chi connectivity index (χ3n) is 14.6. The van der Waals surface area contributed by atoms with Gasteiger partial charge in [0.1, 0.15) is 0 Å². The SMILES string of the molecule is C[C@@H]1CC[C@]2(C(=O)O)CC[C@]3(C)C(=CCC4[C@@]5(C)CC(=C\c6c(Cl)cccc6Cl)/C(=N\N=C(N)N)C(C)(C)C5CC[C@]43C)C2[C@H]1C. The van der Waals surface area contributed by atoms with Crippen molar-refractivity contribution in [2.75, 3.05) is 0 Å². The molecule has 0 heterocycles. The van der Waals surface area contributed by atoms with Crippen molar-refractivity contribution >= 4 is 46.9 Å². The molecule has 9 atom stereocenters. The van der Waals surface area contributed by atoms with E-state index >= 15 is 0 Å². The van der Waals surface area contributed by atoms with E-state index in [1.165, 1.54) is 5.57 Å². The summed E-state index contributed by atoms with van der Waals surface area (Å²) in [5, 5.41) is 20.8. The third-order valence-corrected chi connectivity index (χ3v) is 15.3. The molecule has 0 radical (unpaired) electrons. The summed E-state index contributed by atoms with van der Waals surface area (Å²) in [4.78, 5) is 13.1. The maximum Gasteiger partial charge on any atom is 0.310 e. The van der Waals surface area contributed by atoms with Crippen LogP contribution in [0.4, 0.5) is 0 Å². The van der Waals surface area contributed by atoms with Crippen molar-refractivity contribution in [3.63, 3.8) is 0 Å². The van der Waals surface area contributed by atoms with E-state index in [1.54, 1.807) is 0 Å². The predicted octanol–water partition coefficient (Wildman–Crippen LogP) is 9.36. The number of fused-ring (bicyclic) bond motifs is 7. The van der Waals surface area contributed by atoms with Gasteiger partial charge in [-0.1, -0.05) is 89.4 Å². The fraction of sp³-hybridized carbons (Fsp3) is 0.658. The van der Waals surface area contributed by atoms with Crippen LogP contribution in [0.1, 0.15) is 105 Å². The van der Waals surface area contributed by atoms with Gasteiger partial charge in [0.25, 0.3) is 0 Å². The largest absolute Gasteiger partial charge is 0.481 e. The molecule has 250 valence electrons. The first-order valence-electron chi connectivity index (χ1n) is 17.2. The number of nitrogens with two attached hydrogens (primary N) is 2. The van der Waals surface area contributed by atoms with Crippen LogP contribution in [0.3, 0.4) is 0 Å². The number of halogens is 2. The van der Waals surface area contributed by atoms with Gasteiger partial charge in [-0.2, -0.15) is 5.10 Å². The lowest BCUT2D eigenvalue weighted by Gasteiger charge is -2.71. The van der Waals surface area contributed by atoms with Gasteiger partial charge < -0.3 is 16.6 Å². The molecule has 6 nitrogen and oxygen atoms in total. The molecule has 0 amide bonds. The summed E-state index contributed by atoms with van der Waals surface area (Å²) in [6.07, 6.45) is 12.0. The molecular weight excluding hydrogens is 615 g/mol. The van der Waals surface area contributed by atoms with Gasteiger partial charge in [0.05, 0.1) is 11.1 Å². The molecule has 0 aliphatic heterocycles. The van der Waals surface area contributed by atoms with Gasteiger partial charge in [0.2, 0.25) is 5.96 Å². The third kappa shape index (κ3) is 4.59. The highest BCUT2D eigenvalue weighted by atomic mass is 35.5. The maximum absolute atomic E-state index is 13.1. The number of aliphatic carboxylic acids is 1. The minimum Gasteiger partial charge on any atom is -0.481 e. The molecular formula is C38H52Cl2N4O2. The Hall–Kier alpha value is -2.31. The fourth-order valence-electron chi connectivity index (χ4n) is 12.0. The van der Waals surface area contributed by atoms with Crippen LogP contribution in [0.25, 0.3) is 6.08 Å². The number of carboxylic acids is 1. The number of allylic oxidation sites excluding steroid dienone is 3. The van der Waals surface area contributed by atoms with E-state index in [0.717, 1.165) is 68.2 Å². The molecule has 4 saturated carbocycles. The lowest BCUT2D eigenvalue weighted by atomic mass is 9.33. The van der Waals surface area contributed by atoms with Crippen LogP contribution in [0, 0.1) is 56.7 Å². The van der Waals surface area contributed by atoms with E-state index in [2.05, 4.69) is 65.7 Å². The van der Waals surface area contributed by atoms with Crippen molar-refractivity contribution < 1.29 is 9.90 Å². The molecule has 4 fully saturated rings. The van der Waals surface area contributed by atoms with Crippen molar-refractivity contribution in [1.82, 2.24) is 0 Å². The van der Waals surface area contributed by atoms with Crippen LogP contribution in [0.2, 0.25) is 10.0 Å². The number of carbonyl (C=O) groups is 1. The second kappa shape index (κ2) is 11.1. The zero-order valence-corrected chi connectivity index (χ0v) is 30.1. The van der Waals surface area contributed by atoms with E-state index < -0.39 is 11.4 Å². The van der Waals surface area contributed by atoms with Crippen molar-refractivity contribution in [2.45, 2.75) is 99.8 Å². The van der Waals surface area contributed by atoms with E-state index in [-0.39, 0.29) is 33.5 Å². The first-order valence-corrected chi connectivity index (χ1v) is 18.0. The molecule has 5 aliphatic carbocycles. The van der Waals surface area contributed by atoms with Crippen LogP contribution in [-0.2, 0) is 4.79 Å². The molecule has 0 bridgehead atoms. The van der Waals surface area contributed by atoms with Crippen molar-refractivity contribution in [1.29, 1.82) is 0 Å². The van der Waals surface area contributed by atoms with Gasteiger partial charge in [-0.25, -0.2) is 0 Å². The molecule has 0 saturated heterocycles. The van der Waals surface area contributed by atoms with Gasteiger partial charge in [0.15, 0.2) is 0 Å². The number of rotatable bonds is 3. The lowest BCUT2D eigenvalue weighted by molar-refractivity contribution is -0.179. The number of guanidine groups is 1. The Morgan fingerprint density at radius 3 is 2.28 bits per heavy atom. The summed E-state index contributed by atoms with van der Waals surface area (Å²) >= 11 is 13.4. The second-order valence-electron chi connectivity index (χ2n) is 16.8. The van der Waals surface area contributed by atoms with Crippen LogP contribution < -0.4 is 11.5 Å². The van der Waals surface area contributed by atoms with Crippen LogP contribution in [0.5, 0.6) is 0 Å². The molecule has 5 N–H and O–H groups in total. The average molecular weight is 668 g/mol. The average Bonchev–Trinajstić information content (AvgIpc) is 2.96. The van der Waals surface area contributed by atoms with Gasteiger partial charge in [-0.3, -0.25) is 4.79 Å². The number of nitrogens with zero attached hydrogens (tertiary/aromatic N) is 2. The van der Waals surface area contributed by atoms with Crippen LogP contribution in [-0.4, -0.2) is 22.7 Å². The summed E-state index contributed by atoms with van der Waals surface area (Å²) in [5.41, 5.74) is 14.7. The molecule has 0 aromatic heterocycles. The van der Waals surface area contributed by atoms with Gasteiger partial charge in [-0.05, 0) is 121 Å². The molecule has 1 aromatic rings. The minimum atomic E-state index is -0.644. The summed E-state index contributed by atoms with van der Waals surface area (Å²) in [7, 11) is 0. The van der Waals surface area contributed by atoms with Crippen molar-refractivity contribution in [2.24, 2.45) is 78.3 Å². The Morgan fingerprint density at radius 2 is 1.65 bits per heavy atom. The Morgan fingerprint density at radius 1 is 0.978 bits per heavy atom. The van der Waals surface area contributed by atoms with Crippen molar-refractivity contribution in [3.8, 4) is 0 Å². The quantitative estimate of drug-likeness (QED) is 0.129. The Kier molecular flexibility index (Phi) is 8.12. The van der Waals surface area contributed by atoms with E-state index in [4.69, 9.17) is 39.8 Å². The van der Waals surface area contributed by atoms with E-state index in [1.807, 2.05) is 18.2 Å². The summed E-state index contributed by atoms with van der Waals surface area (Å²) in [5.74, 6) is 1.05. The monoisotopic (exact) mass is 666 g/mol. The number of hydrogen-bond donors (Lipinski definition) is 3. The number of carboxylic acid groups (broad SMARTS) is 1. The highest BCUT2D eigenvalue weighted by Gasteiger charge is 2.69. The zero-order valence-electron chi connectivity index (χ0n) is 28.6. The molecule has 6 rings (SSSR count). The standard InChI is InChI=1S/C38H52Cl2N4O2/c1-21-13-16-38(32(45)46)18-17-36(6)25(30(38)22(21)2)11-12-29-35(5)20-23(19-24-26(39)9-8-10-27(24)40)31(43-44-33(41)42)34(3,4)28(35)14-15-37(29,36)7/h8-11,19,21-22,28-30H,12-18,20H2,1-7H3,(H,45,46)(H4,41,42,44)/b23-19+,43-31+/t21-,22+,28?,29?,30?,35+,36-,37-,38+/m1/s1. The highest BCUT2D eigenvalue weighted by molar-refractivity contribution is 6.37. The molecule has 5 aliphatic rings. The zero-order chi connectivity index (χ0) is 33.6. The normalized spacial score (nSPS) is 43.1. The number of benzene rings is 1. The summed E-state index contributed by atoms with van der Waals surface area (Å²) < 4.78 is 0. The van der Waals surface area contributed by atoms with Gasteiger partial charge in [0, 0.05) is 21.0 Å². The molecule has 8 heteroatoms. The van der Waals surface area contributed by atoms with Crippen LogP contribution in [0.15, 0.2) is 45.6 Å². The molecule has 0 spiro atoms. The van der Waals surface area contributed by atoms with Crippen LogP contribution >= 0.6 is 23.2 Å². The molecule has 1 aromatic carbocycles. The second-order valence-corrected chi connectivity index (χ2v) is 17.6. The van der Waals surface area contributed by atoms with E-state index in [9.17, 15) is 9.90 Å². The van der Waals surface area contributed by atoms with Gasteiger partial charge in [-0.15, -0.1) is 5.10 Å². The lowest BCUT2D eigenvalue weighted by Crippen LogP contribution is -2.65. The predicted molar refractivity (Wildman–Crippen MR) is 190 cm³/mol. The highest BCUT2D eigenvalue weighted by Crippen LogP contribution is 2.76. The minimum absolute atomic E-state index is 0.0190. The summed E-state index contributed by atoms with van der Waals surface area (Å²) in [6.45, 7) is 16.8. The number of hydrogen-bond acceptors (Lipinski definition) is 3. The maximum atomic E-state index is 13.1. The van der Waals surface area contributed by atoms with Gasteiger partial charge >= 0.3 is 5.97 Å². The Labute approximate surface area is 285 Å². The first kappa shape index (κ1) is 33.6. The van der Waals surface area contributed by atoms with Crippen molar-refractivity contribution in [3.05, 3.63) is 51.0 Å². The fourth-order valence-corrected chi connectivity index (χ4v) is 12.5. The molecule has 3 unspecified atom stereocenters. The van der Waals surface area contributed by atoms with E-state index in [0.29, 0.717) is 33.7 Å². The smallest absolute Gasteiger partial charge is 0.310 e. The Bertz CT molecular complexity index is 1560. The Balaban J connectivity index is 1.50. The topological polar surface area (TPSA) is 114 Å². The summed E-state index contributed by atoms with van der Waals surface area (Å²) in [6, 6.07) is 5.59. The molecule has 46 heavy (non-hydrogen) atoms. The first-order chi connectivity index (χ1) is 21.4.